The fraction of sp³-hybridized carbons (Fsp3) is 0.333. The van der Waals surface area contributed by atoms with Crippen LogP contribution in [0, 0.1) is 0 Å². The molecule has 0 saturated carbocycles. The molecular weight excluding hydrogens is 240 g/mol. The molecule has 0 unspecified atom stereocenters. The summed E-state index contributed by atoms with van der Waals surface area (Å²) in [4.78, 5) is 11.4. The number of nitrogens with one attached hydrogen (secondary N) is 1. The number of benzene rings is 1. The summed E-state index contributed by atoms with van der Waals surface area (Å²) in [5.41, 5.74) is 4.72. The number of rotatable bonds is 4. The predicted molar refractivity (Wildman–Crippen MR) is 74.1 cm³/mol. The first kappa shape index (κ1) is 13.3. The molecule has 19 heavy (non-hydrogen) atoms. The second-order valence-electron chi connectivity index (χ2n) is 4.36. The largest absolute Gasteiger partial charge is 0.464 e. The summed E-state index contributed by atoms with van der Waals surface area (Å²) in [6.45, 7) is 4.23. The maximum absolute atomic E-state index is 11.4. The molecule has 0 radical (unpaired) electrons. The number of aromatic nitrogens is 2. The average molecular weight is 258 g/mol. The van der Waals surface area contributed by atoms with E-state index >= 15 is 0 Å². The predicted octanol–water partition coefficient (Wildman–Crippen LogP) is 2.99. The maximum Gasteiger partial charge on any atom is 0.356 e. The Morgan fingerprint density at radius 3 is 2.68 bits per heavy atom. The minimum Gasteiger partial charge on any atom is -0.464 e. The first-order chi connectivity index (χ1) is 9.19. The molecule has 4 heteroatoms. The fourth-order valence-corrected chi connectivity index (χ4v) is 2.06. The van der Waals surface area contributed by atoms with Gasteiger partial charge in [0.25, 0.3) is 0 Å². The van der Waals surface area contributed by atoms with Crippen LogP contribution in [0.3, 0.4) is 0 Å². The van der Waals surface area contributed by atoms with E-state index in [1.165, 1.54) is 18.2 Å². The van der Waals surface area contributed by atoms with Gasteiger partial charge in [-0.2, -0.15) is 5.10 Å². The number of hydrogen-bond acceptors (Lipinski definition) is 3. The van der Waals surface area contributed by atoms with Crippen molar-refractivity contribution in [3.05, 3.63) is 41.1 Å². The SMILES string of the molecule is CCc1ccc(CC)c(-c2cc(C(=O)OC)[nH]n2)c1. The molecule has 2 rings (SSSR count). The van der Waals surface area contributed by atoms with E-state index in [-0.39, 0.29) is 0 Å². The van der Waals surface area contributed by atoms with Crippen LogP contribution in [0.2, 0.25) is 0 Å². The monoisotopic (exact) mass is 258 g/mol. The standard InChI is InChI=1S/C15H18N2O2/c1-4-10-6-7-11(5-2)12(8-10)13-9-14(17-16-13)15(18)19-3/h6-9H,4-5H2,1-3H3,(H,16,17). The third-order valence-electron chi connectivity index (χ3n) is 3.22. The Balaban J connectivity index is 2.45. The fourth-order valence-electron chi connectivity index (χ4n) is 2.06. The number of aryl methyl sites for hydroxylation is 2. The smallest absolute Gasteiger partial charge is 0.356 e. The van der Waals surface area contributed by atoms with E-state index in [2.05, 4.69) is 47.0 Å². The van der Waals surface area contributed by atoms with Crippen molar-refractivity contribution in [2.24, 2.45) is 0 Å². The van der Waals surface area contributed by atoms with Crippen molar-refractivity contribution in [1.82, 2.24) is 10.2 Å². The van der Waals surface area contributed by atoms with Crippen molar-refractivity contribution in [2.45, 2.75) is 26.7 Å². The van der Waals surface area contributed by atoms with Gasteiger partial charge in [0.2, 0.25) is 0 Å². The Kier molecular flexibility index (Phi) is 4.00. The van der Waals surface area contributed by atoms with E-state index in [0.717, 1.165) is 24.1 Å². The summed E-state index contributed by atoms with van der Waals surface area (Å²) < 4.78 is 4.68. The first-order valence-electron chi connectivity index (χ1n) is 6.45. The maximum atomic E-state index is 11.4. The number of esters is 1. The minimum atomic E-state index is -0.400. The van der Waals surface area contributed by atoms with Gasteiger partial charge >= 0.3 is 5.97 Å². The van der Waals surface area contributed by atoms with E-state index in [1.54, 1.807) is 6.07 Å². The van der Waals surface area contributed by atoms with Crippen LogP contribution in [0.1, 0.15) is 35.5 Å². The zero-order valence-corrected chi connectivity index (χ0v) is 11.5. The summed E-state index contributed by atoms with van der Waals surface area (Å²) in [7, 11) is 1.36. The highest BCUT2D eigenvalue weighted by Gasteiger charge is 2.13. The second kappa shape index (κ2) is 5.69. The summed E-state index contributed by atoms with van der Waals surface area (Å²) in [6.07, 6.45) is 1.91. The van der Waals surface area contributed by atoms with Crippen molar-refractivity contribution < 1.29 is 9.53 Å². The number of carbonyl (C=O) groups excluding carboxylic acids is 1. The molecule has 0 amide bonds. The minimum absolute atomic E-state index is 0.376. The van der Waals surface area contributed by atoms with Crippen LogP contribution < -0.4 is 0 Å². The van der Waals surface area contributed by atoms with Gasteiger partial charge in [-0.1, -0.05) is 26.0 Å². The summed E-state index contributed by atoms with van der Waals surface area (Å²) in [5.74, 6) is -0.400. The van der Waals surface area contributed by atoms with Gasteiger partial charge in [0.1, 0.15) is 5.69 Å². The third-order valence-corrected chi connectivity index (χ3v) is 3.22. The second-order valence-corrected chi connectivity index (χ2v) is 4.36. The molecule has 1 N–H and O–H groups in total. The average Bonchev–Trinajstić information content (AvgIpc) is 2.95. The summed E-state index contributed by atoms with van der Waals surface area (Å²) >= 11 is 0. The van der Waals surface area contributed by atoms with Gasteiger partial charge in [-0.15, -0.1) is 0 Å². The van der Waals surface area contributed by atoms with Crippen molar-refractivity contribution in [2.75, 3.05) is 7.11 Å². The van der Waals surface area contributed by atoms with Crippen molar-refractivity contribution in [3.63, 3.8) is 0 Å². The molecule has 0 fully saturated rings. The Bertz CT molecular complexity index is 588. The molecule has 1 heterocycles. The van der Waals surface area contributed by atoms with E-state index in [9.17, 15) is 4.79 Å². The summed E-state index contributed by atoms with van der Waals surface area (Å²) in [6, 6.07) is 8.13. The molecule has 2 aromatic rings. The van der Waals surface area contributed by atoms with Crippen molar-refractivity contribution in [1.29, 1.82) is 0 Å². The molecule has 0 aliphatic carbocycles. The highest BCUT2D eigenvalue weighted by Crippen LogP contribution is 2.25. The number of hydrogen-bond donors (Lipinski definition) is 1. The first-order valence-corrected chi connectivity index (χ1v) is 6.45. The Morgan fingerprint density at radius 2 is 2.05 bits per heavy atom. The van der Waals surface area contributed by atoms with Gasteiger partial charge in [0, 0.05) is 5.56 Å². The van der Waals surface area contributed by atoms with Crippen LogP contribution in [0.25, 0.3) is 11.3 Å². The van der Waals surface area contributed by atoms with E-state index in [4.69, 9.17) is 0 Å². The number of ether oxygens (including phenoxy) is 1. The highest BCUT2D eigenvalue weighted by atomic mass is 16.5. The molecule has 1 aromatic heterocycles. The van der Waals surface area contributed by atoms with E-state index < -0.39 is 5.97 Å². The van der Waals surface area contributed by atoms with Crippen LogP contribution in [0.5, 0.6) is 0 Å². The van der Waals surface area contributed by atoms with Crippen LogP contribution in [-0.2, 0) is 17.6 Å². The number of nitrogens with zero attached hydrogens (tertiary/aromatic N) is 1. The molecule has 0 bridgehead atoms. The van der Waals surface area contributed by atoms with Gasteiger partial charge in [-0.05, 0) is 36.1 Å². The van der Waals surface area contributed by atoms with E-state index in [1.807, 2.05) is 0 Å². The number of aromatic amines is 1. The molecule has 1 aromatic carbocycles. The normalized spacial score (nSPS) is 10.5. The Morgan fingerprint density at radius 1 is 1.26 bits per heavy atom. The third kappa shape index (κ3) is 2.67. The quantitative estimate of drug-likeness (QED) is 0.858. The lowest BCUT2D eigenvalue weighted by Crippen LogP contribution is -2.00. The molecule has 0 saturated heterocycles. The lowest BCUT2D eigenvalue weighted by Gasteiger charge is -2.07. The summed E-state index contributed by atoms with van der Waals surface area (Å²) in [5, 5.41) is 6.93. The van der Waals surface area contributed by atoms with Crippen LogP contribution in [0.15, 0.2) is 24.3 Å². The van der Waals surface area contributed by atoms with Crippen molar-refractivity contribution in [3.8, 4) is 11.3 Å². The Labute approximate surface area is 112 Å². The zero-order chi connectivity index (χ0) is 13.8. The van der Waals surface area contributed by atoms with Gasteiger partial charge in [-0.3, -0.25) is 5.10 Å². The number of methoxy groups -OCH3 is 1. The van der Waals surface area contributed by atoms with Crippen LogP contribution >= 0.6 is 0 Å². The molecule has 0 aliphatic heterocycles. The van der Waals surface area contributed by atoms with Crippen LogP contribution in [-0.4, -0.2) is 23.3 Å². The van der Waals surface area contributed by atoms with Crippen molar-refractivity contribution >= 4 is 5.97 Å². The van der Waals surface area contributed by atoms with Gasteiger partial charge in [-0.25, -0.2) is 4.79 Å². The lowest BCUT2D eigenvalue weighted by molar-refractivity contribution is 0.0594. The lowest BCUT2D eigenvalue weighted by atomic mass is 9.98. The van der Waals surface area contributed by atoms with E-state index in [0.29, 0.717) is 5.69 Å². The van der Waals surface area contributed by atoms with Gasteiger partial charge in [0.15, 0.2) is 0 Å². The van der Waals surface area contributed by atoms with Gasteiger partial charge in [0.05, 0.1) is 12.8 Å². The number of carbonyl (C=O) groups is 1. The topological polar surface area (TPSA) is 55.0 Å². The van der Waals surface area contributed by atoms with Gasteiger partial charge < -0.3 is 4.74 Å². The number of H-pyrrole nitrogens is 1. The molecule has 100 valence electrons. The zero-order valence-electron chi connectivity index (χ0n) is 11.5. The molecule has 0 atom stereocenters. The molecule has 4 nitrogen and oxygen atoms in total. The molecular formula is C15H18N2O2. The molecule has 0 spiro atoms. The molecule has 0 aliphatic rings. The van der Waals surface area contributed by atoms with Crippen LogP contribution in [0.4, 0.5) is 0 Å². The Hall–Kier alpha value is -2.10. The highest BCUT2D eigenvalue weighted by molar-refractivity contribution is 5.88.